The van der Waals surface area contributed by atoms with E-state index < -0.39 is 9.84 Å². The molecule has 29 heavy (non-hydrogen) atoms. The number of benzene rings is 1. The molecule has 2 unspecified atom stereocenters. The van der Waals surface area contributed by atoms with E-state index in [0.717, 1.165) is 32.5 Å². The summed E-state index contributed by atoms with van der Waals surface area (Å²) in [5.41, 5.74) is 0.315. The summed E-state index contributed by atoms with van der Waals surface area (Å²) in [6.45, 7) is 10.4. The van der Waals surface area contributed by atoms with Crippen molar-refractivity contribution >= 4 is 15.7 Å². The highest BCUT2D eigenvalue weighted by Crippen LogP contribution is 2.25. The van der Waals surface area contributed by atoms with E-state index in [9.17, 15) is 13.2 Å². The minimum absolute atomic E-state index is 0.0652. The molecule has 0 bridgehead atoms. The Labute approximate surface area is 175 Å². The van der Waals surface area contributed by atoms with Gasteiger partial charge in [-0.25, -0.2) is 8.42 Å². The number of morpholine rings is 1. The lowest BCUT2D eigenvalue weighted by Crippen LogP contribution is -2.48. The van der Waals surface area contributed by atoms with Crippen LogP contribution >= 0.6 is 0 Å². The SMILES string of the molecule is CCCS(=O)(=O)c1ccccc1C(=O)N1CCC(CN2CC(C)OC(C)C2)CC1. The fourth-order valence-corrected chi connectivity index (χ4v) is 6.11. The topological polar surface area (TPSA) is 66.9 Å². The van der Waals surface area contributed by atoms with Crippen LogP contribution in [-0.4, -0.2) is 74.8 Å². The second-order valence-corrected chi connectivity index (χ2v) is 10.6. The molecule has 162 valence electrons. The molecule has 6 nitrogen and oxygen atoms in total. The monoisotopic (exact) mass is 422 g/mol. The van der Waals surface area contributed by atoms with E-state index in [-0.39, 0.29) is 28.8 Å². The number of carbonyl (C=O) groups excluding carboxylic acids is 1. The Balaban J connectivity index is 1.61. The lowest BCUT2D eigenvalue weighted by atomic mass is 9.95. The van der Waals surface area contributed by atoms with Crippen LogP contribution < -0.4 is 0 Å². The summed E-state index contributed by atoms with van der Waals surface area (Å²) in [5.74, 6) is 0.471. The number of rotatable bonds is 6. The molecule has 2 saturated heterocycles. The lowest BCUT2D eigenvalue weighted by molar-refractivity contribution is -0.0728. The molecule has 0 spiro atoms. The molecular formula is C22H34N2O4S. The van der Waals surface area contributed by atoms with Crippen LogP contribution in [0.1, 0.15) is 50.4 Å². The van der Waals surface area contributed by atoms with Gasteiger partial charge in [0.05, 0.1) is 28.4 Å². The minimum atomic E-state index is -3.43. The maximum Gasteiger partial charge on any atom is 0.255 e. The fourth-order valence-electron chi connectivity index (χ4n) is 4.58. The number of sulfone groups is 1. The zero-order valence-corrected chi connectivity index (χ0v) is 18.7. The van der Waals surface area contributed by atoms with Gasteiger partial charge in [-0.05, 0) is 51.2 Å². The first-order chi connectivity index (χ1) is 13.8. The zero-order valence-electron chi connectivity index (χ0n) is 17.8. The third-order valence-electron chi connectivity index (χ3n) is 5.84. The van der Waals surface area contributed by atoms with Crippen molar-refractivity contribution in [1.29, 1.82) is 0 Å². The summed E-state index contributed by atoms with van der Waals surface area (Å²) >= 11 is 0. The second kappa shape index (κ2) is 9.58. The molecule has 2 heterocycles. The van der Waals surface area contributed by atoms with E-state index in [0.29, 0.717) is 31.0 Å². The molecule has 0 aliphatic carbocycles. The predicted octanol–water partition coefficient (Wildman–Crippen LogP) is 2.83. The summed E-state index contributed by atoms with van der Waals surface area (Å²) in [6.07, 6.45) is 2.98. The van der Waals surface area contributed by atoms with Gasteiger partial charge in [0.25, 0.3) is 5.91 Å². The van der Waals surface area contributed by atoms with Crippen LogP contribution in [0.15, 0.2) is 29.2 Å². The molecule has 1 aromatic carbocycles. The smallest absolute Gasteiger partial charge is 0.255 e. The summed E-state index contributed by atoms with van der Waals surface area (Å²) in [6, 6.07) is 6.64. The van der Waals surface area contributed by atoms with Gasteiger partial charge in [-0.2, -0.15) is 0 Å². The molecule has 0 aromatic heterocycles. The van der Waals surface area contributed by atoms with Crippen LogP contribution in [0.25, 0.3) is 0 Å². The summed E-state index contributed by atoms with van der Waals surface area (Å²) < 4.78 is 31.0. The van der Waals surface area contributed by atoms with Gasteiger partial charge in [-0.15, -0.1) is 0 Å². The van der Waals surface area contributed by atoms with E-state index >= 15 is 0 Å². The molecule has 3 rings (SSSR count). The normalized spacial score (nSPS) is 24.6. The van der Waals surface area contributed by atoms with Crippen LogP contribution in [0.5, 0.6) is 0 Å². The largest absolute Gasteiger partial charge is 0.373 e. The van der Waals surface area contributed by atoms with Crippen molar-refractivity contribution in [2.24, 2.45) is 5.92 Å². The highest BCUT2D eigenvalue weighted by atomic mass is 32.2. The van der Waals surface area contributed by atoms with Crippen LogP contribution in [0.2, 0.25) is 0 Å². The number of likely N-dealkylation sites (tertiary alicyclic amines) is 1. The molecule has 2 aliphatic rings. The molecule has 1 aromatic rings. The van der Waals surface area contributed by atoms with Gasteiger partial charge in [0.15, 0.2) is 9.84 Å². The first-order valence-electron chi connectivity index (χ1n) is 10.8. The van der Waals surface area contributed by atoms with Crippen molar-refractivity contribution in [2.75, 3.05) is 38.5 Å². The highest BCUT2D eigenvalue weighted by molar-refractivity contribution is 7.91. The third kappa shape index (κ3) is 5.58. The maximum atomic E-state index is 13.1. The number of nitrogens with zero attached hydrogens (tertiary/aromatic N) is 2. The van der Waals surface area contributed by atoms with E-state index in [2.05, 4.69) is 18.7 Å². The van der Waals surface area contributed by atoms with Gasteiger partial charge in [-0.1, -0.05) is 19.1 Å². The Hall–Kier alpha value is -1.44. The van der Waals surface area contributed by atoms with Gasteiger partial charge in [0, 0.05) is 32.7 Å². The number of hydrogen-bond donors (Lipinski definition) is 0. The Morgan fingerprint density at radius 1 is 1.10 bits per heavy atom. The van der Waals surface area contributed by atoms with E-state index in [1.165, 1.54) is 0 Å². The van der Waals surface area contributed by atoms with Crippen molar-refractivity contribution in [3.63, 3.8) is 0 Å². The average Bonchev–Trinajstić information content (AvgIpc) is 2.67. The van der Waals surface area contributed by atoms with Crippen molar-refractivity contribution < 1.29 is 17.9 Å². The predicted molar refractivity (Wildman–Crippen MR) is 114 cm³/mol. The molecule has 7 heteroatoms. The number of ether oxygens (including phenoxy) is 1. The molecule has 0 radical (unpaired) electrons. The van der Waals surface area contributed by atoms with Gasteiger partial charge in [-0.3, -0.25) is 9.69 Å². The van der Waals surface area contributed by atoms with Crippen molar-refractivity contribution in [3.8, 4) is 0 Å². The zero-order chi connectivity index (χ0) is 21.0. The van der Waals surface area contributed by atoms with E-state index in [1.807, 2.05) is 11.8 Å². The van der Waals surface area contributed by atoms with Gasteiger partial charge < -0.3 is 9.64 Å². The Morgan fingerprint density at radius 3 is 2.34 bits per heavy atom. The molecule has 2 fully saturated rings. The Bertz CT molecular complexity index is 793. The first kappa shape index (κ1) is 22.2. The van der Waals surface area contributed by atoms with E-state index in [4.69, 9.17) is 4.74 Å². The first-order valence-corrected chi connectivity index (χ1v) is 12.4. The number of carbonyl (C=O) groups is 1. The molecule has 2 atom stereocenters. The number of piperidine rings is 1. The van der Waals surface area contributed by atoms with Gasteiger partial charge >= 0.3 is 0 Å². The highest BCUT2D eigenvalue weighted by Gasteiger charge is 2.30. The van der Waals surface area contributed by atoms with Crippen LogP contribution in [0, 0.1) is 5.92 Å². The standard InChI is InChI=1S/C22H34N2O4S/c1-4-13-29(26,27)21-8-6-5-7-20(21)22(25)24-11-9-19(10-12-24)16-23-14-17(2)28-18(3)15-23/h5-8,17-19H,4,9-16H2,1-3H3. The molecule has 1 amide bonds. The Kier molecular flexibility index (Phi) is 7.35. The Morgan fingerprint density at radius 2 is 1.72 bits per heavy atom. The summed E-state index contributed by atoms with van der Waals surface area (Å²) in [4.78, 5) is 17.6. The van der Waals surface area contributed by atoms with Crippen LogP contribution in [0.3, 0.4) is 0 Å². The van der Waals surface area contributed by atoms with Crippen LogP contribution in [0.4, 0.5) is 0 Å². The molecule has 0 saturated carbocycles. The average molecular weight is 423 g/mol. The summed E-state index contributed by atoms with van der Waals surface area (Å²) in [7, 11) is -3.43. The summed E-state index contributed by atoms with van der Waals surface area (Å²) in [5, 5.41) is 0. The van der Waals surface area contributed by atoms with Gasteiger partial charge in [0.1, 0.15) is 0 Å². The number of hydrogen-bond acceptors (Lipinski definition) is 5. The van der Waals surface area contributed by atoms with Gasteiger partial charge in [0.2, 0.25) is 0 Å². The fraction of sp³-hybridized carbons (Fsp3) is 0.682. The maximum absolute atomic E-state index is 13.1. The second-order valence-electron chi connectivity index (χ2n) is 8.53. The minimum Gasteiger partial charge on any atom is -0.373 e. The van der Waals surface area contributed by atoms with Crippen LogP contribution in [-0.2, 0) is 14.6 Å². The van der Waals surface area contributed by atoms with Crippen molar-refractivity contribution in [2.45, 2.75) is 57.1 Å². The third-order valence-corrected chi connectivity index (χ3v) is 7.81. The molecule has 2 aliphatic heterocycles. The quantitative estimate of drug-likeness (QED) is 0.705. The van der Waals surface area contributed by atoms with E-state index in [1.54, 1.807) is 24.3 Å². The number of amides is 1. The molecular weight excluding hydrogens is 388 g/mol. The molecule has 0 N–H and O–H groups in total. The lowest BCUT2D eigenvalue weighted by Gasteiger charge is -2.39. The van der Waals surface area contributed by atoms with Crippen molar-refractivity contribution in [3.05, 3.63) is 29.8 Å². The van der Waals surface area contributed by atoms with Crippen molar-refractivity contribution in [1.82, 2.24) is 9.80 Å².